The van der Waals surface area contributed by atoms with Gasteiger partial charge in [0, 0.05) is 0 Å². The Labute approximate surface area is 94.3 Å². The fraction of sp³-hybridized carbons (Fsp3) is 0.500. The number of nitrogens with one attached hydrogen (secondary N) is 1. The van der Waals surface area contributed by atoms with Gasteiger partial charge in [0.15, 0.2) is 0 Å². The molecule has 0 spiro atoms. The third-order valence-corrected chi connectivity index (χ3v) is 2.68. The molecule has 0 fully saturated rings. The van der Waals surface area contributed by atoms with Crippen LogP contribution in [0.5, 0.6) is 0 Å². The Balaban J connectivity index is 3.15. The minimum atomic E-state index is -1.50. The van der Waals surface area contributed by atoms with Crippen LogP contribution in [0.15, 0.2) is 12.1 Å². The molecule has 1 rings (SSSR count). The first-order chi connectivity index (χ1) is 7.40. The molecule has 0 amide bonds. The van der Waals surface area contributed by atoms with Crippen molar-refractivity contribution in [3.8, 4) is 0 Å². The monoisotopic (exact) mass is 229 g/mol. The molecule has 1 aromatic carbocycles. The minimum absolute atomic E-state index is 0.247. The zero-order chi connectivity index (χ0) is 12.3. The lowest BCUT2D eigenvalue weighted by atomic mass is 9.90. The quantitative estimate of drug-likeness (QED) is 0.828. The van der Waals surface area contributed by atoms with E-state index in [1.165, 1.54) is 19.1 Å². The Hall–Kier alpha value is -1.00. The molecule has 0 saturated carbocycles. The lowest BCUT2D eigenvalue weighted by molar-refractivity contribution is 0.0408. The molecule has 1 atom stereocenters. The van der Waals surface area contributed by atoms with Gasteiger partial charge in [-0.3, -0.25) is 0 Å². The number of halogens is 2. The molecule has 0 aliphatic carbocycles. The number of hydrogen-bond acceptors (Lipinski definition) is 2. The third kappa shape index (κ3) is 2.57. The van der Waals surface area contributed by atoms with Gasteiger partial charge >= 0.3 is 0 Å². The second-order valence-corrected chi connectivity index (χ2v) is 4.18. The maximum absolute atomic E-state index is 13.8. The summed E-state index contributed by atoms with van der Waals surface area (Å²) in [4.78, 5) is 0. The molecule has 0 bridgehead atoms. The summed E-state index contributed by atoms with van der Waals surface area (Å²) in [5, 5.41) is 12.9. The second-order valence-electron chi connectivity index (χ2n) is 4.18. The number of aliphatic hydroxyl groups is 1. The van der Waals surface area contributed by atoms with Crippen LogP contribution in [0.1, 0.15) is 24.5 Å². The van der Waals surface area contributed by atoms with Crippen molar-refractivity contribution < 1.29 is 13.9 Å². The Bertz CT molecular complexity index is 378. The van der Waals surface area contributed by atoms with Gasteiger partial charge in [0.1, 0.15) is 11.6 Å². The lowest BCUT2D eigenvalue weighted by Crippen LogP contribution is -2.29. The molecular weight excluding hydrogens is 212 g/mol. The average Bonchev–Trinajstić information content (AvgIpc) is 2.21. The van der Waals surface area contributed by atoms with Gasteiger partial charge in [-0.2, -0.15) is 0 Å². The summed E-state index contributed by atoms with van der Waals surface area (Å²) in [5.41, 5.74) is -1.41. The number of rotatable bonds is 4. The summed E-state index contributed by atoms with van der Waals surface area (Å²) < 4.78 is 27.3. The van der Waals surface area contributed by atoms with Gasteiger partial charge in [-0.1, -0.05) is 6.07 Å². The smallest absolute Gasteiger partial charge is 0.135 e. The Morgan fingerprint density at radius 1 is 1.38 bits per heavy atom. The first kappa shape index (κ1) is 13.1. The van der Waals surface area contributed by atoms with Gasteiger partial charge in [-0.15, -0.1) is 0 Å². The summed E-state index contributed by atoms with van der Waals surface area (Å²) in [7, 11) is 1.72. The van der Waals surface area contributed by atoms with Crippen LogP contribution < -0.4 is 5.32 Å². The predicted octanol–water partition coefficient (Wildman–Crippen LogP) is 2.09. The van der Waals surface area contributed by atoms with Crippen LogP contribution in [0.25, 0.3) is 0 Å². The van der Waals surface area contributed by atoms with Crippen molar-refractivity contribution in [3.63, 3.8) is 0 Å². The summed E-state index contributed by atoms with van der Waals surface area (Å²) in [5.74, 6) is -1.37. The van der Waals surface area contributed by atoms with Gasteiger partial charge in [0.2, 0.25) is 0 Å². The minimum Gasteiger partial charge on any atom is -0.385 e. The first-order valence-electron chi connectivity index (χ1n) is 5.22. The van der Waals surface area contributed by atoms with E-state index in [1.807, 2.05) is 0 Å². The molecule has 2 N–H and O–H groups in total. The summed E-state index contributed by atoms with van der Waals surface area (Å²) in [6.07, 6.45) is 0.251. The number of hydrogen-bond donors (Lipinski definition) is 2. The van der Waals surface area contributed by atoms with Crippen LogP contribution in [-0.4, -0.2) is 18.7 Å². The molecule has 1 unspecified atom stereocenters. The van der Waals surface area contributed by atoms with Crippen molar-refractivity contribution in [1.29, 1.82) is 0 Å². The third-order valence-electron chi connectivity index (χ3n) is 2.68. The van der Waals surface area contributed by atoms with E-state index in [0.717, 1.165) is 0 Å². The Kier molecular flexibility index (Phi) is 3.99. The number of aryl methyl sites for hydroxylation is 1. The van der Waals surface area contributed by atoms with E-state index in [4.69, 9.17) is 0 Å². The first-order valence-corrected chi connectivity index (χ1v) is 5.22. The molecule has 4 heteroatoms. The SMILES string of the molecule is CNCCC(C)(O)c1c(F)ccc(C)c1F. The topological polar surface area (TPSA) is 32.3 Å². The van der Waals surface area contributed by atoms with Gasteiger partial charge in [0.25, 0.3) is 0 Å². The molecule has 0 aliphatic rings. The van der Waals surface area contributed by atoms with Gasteiger partial charge in [-0.25, -0.2) is 8.78 Å². The molecule has 16 heavy (non-hydrogen) atoms. The van der Waals surface area contributed by atoms with Crippen LogP contribution in [0.3, 0.4) is 0 Å². The summed E-state index contributed by atoms with van der Waals surface area (Å²) in [6, 6.07) is 2.55. The van der Waals surface area contributed by atoms with E-state index in [-0.39, 0.29) is 12.0 Å². The van der Waals surface area contributed by atoms with Crippen LogP contribution in [0, 0.1) is 18.6 Å². The van der Waals surface area contributed by atoms with E-state index in [1.54, 1.807) is 14.0 Å². The van der Waals surface area contributed by atoms with Gasteiger partial charge in [-0.05, 0) is 45.5 Å². The van der Waals surface area contributed by atoms with E-state index in [2.05, 4.69) is 5.32 Å². The summed E-state index contributed by atoms with van der Waals surface area (Å²) in [6.45, 7) is 3.46. The fourth-order valence-electron chi connectivity index (χ4n) is 1.64. The van der Waals surface area contributed by atoms with Crippen molar-refractivity contribution in [1.82, 2.24) is 5.32 Å². The molecule has 2 nitrogen and oxygen atoms in total. The van der Waals surface area contributed by atoms with Gasteiger partial charge < -0.3 is 10.4 Å². The molecule has 0 heterocycles. The highest BCUT2D eigenvalue weighted by atomic mass is 19.1. The van der Waals surface area contributed by atoms with Crippen molar-refractivity contribution in [2.45, 2.75) is 25.9 Å². The zero-order valence-corrected chi connectivity index (χ0v) is 9.77. The Morgan fingerprint density at radius 3 is 2.56 bits per heavy atom. The van der Waals surface area contributed by atoms with E-state index in [9.17, 15) is 13.9 Å². The lowest BCUT2D eigenvalue weighted by Gasteiger charge is -2.25. The second kappa shape index (κ2) is 4.89. The van der Waals surface area contributed by atoms with Crippen molar-refractivity contribution in [3.05, 3.63) is 34.9 Å². The molecule has 0 aliphatic heterocycles. The molecule has 0 saturated heterocycles. The maximum Gasteiger partial charge on any atom is 0.135 e. The molecule has 90 valence electrons. The van der Waals surface area contributed by atoms with E-state index in [0.29, 0.717) is 12.1 Å². The van der Waals surface area contributed by atoms with E-state index < -0.39 is 17.2 Å². The highest BCUT2D eigenvalue weighted by Gasteiger charge is 2.30. The normalized spacial score (nSPS) is 14.9. The van der Waals surface area contributed by atoms with Crippen molar-refractivity contribution in [2.75, 3.05) is 13.6 Å². The molecule has 0 radical (unpaired) electrons. The predicted molar refractivity (Wildman–Crippen MR) is 59.2 cm³/mol. The largest absolute Gasteiger partial charge is 0.385 e. The van der Waals surface area contributed by atoms with Crippen LogP contribution in [0.4, 0.5) is 8.78 Å². The zero-order valence-electron chi connectivity index (χ0n) is 9.77. The van der Waals surface area contributed by atoms with Crippen LogP contribution in [0.2, 0.25) is 0 Å². The average molecular weight is 229 g/mol. The van der Waals surface area contributed by atoms with E-state index >= 15 is 0 Å². The van der Waals surface area contributed by atoms with Crippen LogP contribution in [-0.2, 0) is 5.60 Å². The van der Waals surface area contributed by atoms with Crippen molar-refractivity contribution >= 4 is 0 Å². The van der Waals surface area contributed by atoms with Crippen LogP contribution >= 0.6 is 0 Å². The highest BCUT2D eigenvalue weighted by Crippen LogP contribution is 2.30. The number of benzene rings is 1. The van der Waals surface area contributed by atoms with Gasteiger partial charge in [0.05, 0.1) is 11.2 Å². The molecule has 1 aromatic rings. The fourth-order valence-corrected chi connectivity index (χ4v) is 1.64. The standard InChI is InChI=1S/C12H17F2NO/c1-8-4-5-9(13)10(11(8)14)12(2,16)6-7-15-3/h4-5,15-16H,6-7H2,1-3H3. The highest BCUT2D eigenvalue weighted by molar-refractivity contribution is 5.30. The van der Waals surface area contributed by atoms with Crippen molar-refractivity contribution in [2.24, 2.45) is 0 Å². The molecular formula is C12H17F2NO. The molecule has 0 aromatic heterocycles. The maximum atomic E-state index is 13.8. The Morgan fingerprint density at radius 2 is 2.00 bits per heavy atom. The summed E-state index contributed by atoms with van der Waals surface area (Å²) >= 11 is 0.